The third-order valence-corrected chi connectivity index (χ3v) is 4.37. The Morgan fingerprint density at radius 3 is 3.26 bits per heavy atom. The highest BCUT2D eigenvalue weighted by Crippen LogP contribution is 2.29. The third-order valence-electron chi connectivity index (χ3n) is 3.35. The second kappa shape index (κ2) is 5.14. The Hall–Kier alpha value is -1.66. The highest BCUT2D eigenvalue weighted by Gasteiger charge is 2.31. The van der Waals surface area contributed by atoms with Crippen LogP contribution in [0.1, 0.15) is 22.4 Å². The number of carbonyl (C=O) groups excluding carboxylic acids is 1. The molecule has 19 heavy (non-hydrogen) atoms. The van der Waals surface area contributed by atoms with Gasteiger partial charge in [-0.15, -0.1) is 11.3 Å². The summed E-state index contributed by atoms with van der Waals surface area (Å²) in [6, 6.07) is 1.85. The molecule has 3 heterocycles. The molecule has 0 saturated heterocycles. The molecule has 0 spiro atoms. The van der Waals surface area contributed by atoms with Crippen LogP contribution >= 0.6 is 11.3 Å². The second-order valence-corrected chi connectivity index (χ2v) is 5.42. The molecule has 1 aliphatic rings. The van der Waals surface area contributed by atoms with Crippen molar-refractivity contribution in [2.24, 2.45) is 0 Å². The van der Waals surface area contributed by atoms with Crippen LogP contribution in [0.4, 0.5) is 0 Å². The number of carbonyl (C=O) groups is 1. The second-order valence-electron chi connectivity index (χ2n) is 4.47. The third kappa shape index (κ3) is 2.29. The zero-order valence-electron chi connectivity index (χ0n) is 10.6. The van der Waals surface area contributed by atoms with Gasteiger partial charge in [-0.25, -0.2) is 4.98 Å². The molecule has 0 radical (unpaired) electrons. The fraction of sp³-hybridized carbons (Fsp3) is 0.385. The average molecular weight is 277 g/mol. The molecule has 3 rings (SSSR count). The highest BCUT2D eigenvalue weighted by molar-refractivity contribution is 7.10. The molecule has 5 nitrogen and oxygen atoms in total. The average Bonchev–Trinajstić information content (AvgIpc) is 3.04. The monoisotopic (exact) mass is 277 g/mol. The number of hydrogen-bond donors (Lipinski definition) is 1. The Balaban J connectivity index is 1.85. The maximum absolute atomic E-state index is 12.6. The summed E-state index contributed by atoms with van der Waals surface area (Å²) >= 11 is 1.64. The number of aromatic nitrogens is 1. The van der Waals surface area contributed by atoms with Crippen LogP contribution in [-0.4, -0.2) is 29.4 Å². The van der Waals surface area contributed by atoms with Gasteiger partial charge in [-0.3, -0.25) is 4.79 Å². The zero-order valence-corrected chi connectivity index (χ0v) is 11.4. The van der Waals surface area contributed by atoms with Crippen LogP contribution in [0.2, 0.25) is 0 Å². The lowest BCUT2D eigenvalue weighted by atomic mass is 10.1. The number of fused-ring (bicyclic) bond motifs is 1. The van der Waals surface area contributed by atoms with Gasteiger partial charge in [0.15, 0.2) is 0 Å². The predicted molar refractivity (Wildman–Crippen MR) is 71.7 cm³/mol. The van der Waals surface area contributed by atoms with Crippen molar-refractivity contribution in [1.29, 1.82) is 0 Å². The first-order valence-corrected chi connectivity index (χ1v) is 7.08. The van der Waals surface area contributed by atoms with E-state index in [1.807, 2.05) is 12.4 Å². The SMILES string of the molecule is CNC1C(=O)N(Cc2ncco2)CCc2ccsc21. The Labute approximate surface area is 115 Å². The molecule has 1 atom stereocenters. The summed E-state index contributed by atoms with van der Waals surface area (Å²) in [5, 5.41) is 5.16. The van der Waals surface area contributed by atoms with E-state index in [1.165, 1.54) is 11.8 Å². The zero-order chi connectivity index (χ0) is 13.2. The van der Waals surface area contributed by atoms with Crippen molar-refractivity contribution in [3.05, 3.63) is 40.2 Å². The summed E-state index contributed by atoms with van der Waals surface area (Å²) in [5.74, 6) is 0.662. The molecule has 2 aromatic heterocycles. The van der Waals surface area contributed by atoms with Crippen LogP contribution in [0.5, 0.6) is 0 Å². The lowest BCUT2D eigenvalue weighted by Crippen LogP contribution is -2.38. The van der Waals surface area contributed by atoms with Crippen molar-refractivity contribution in [2.75, 3.05) is 13.6 Å². The minimum Gasteiger partial charge on any atom is -0.447 e. The fourth-order valence-corrected chi connectivity index (χ4v) is 3.43. The molecule has 100 valence electrons. The van der Waals surface area contributed by atoms with Crippen LogP contribution in [0, 0.1) is 0 Å². The number of amides is 1. The molecular weight excluding hydrogens is 262 g/mol. The minimum atomic E-state index is -0.257. The molecule has 1 amide bonds. The van der Waals surface area contributed by atoms with Crippen molar-refractivity contribution in [3.63, 3.8) is 0 Å². The first-order chi connectivity index (χ1) is 9.29. The van der Waals surface area contributed by atoms with Gasteiger partial charge in [0.05, 0.1) is 12.7 Å². The Bertz CT molecular complexity index is 564. The smallest absolute Gasteiger partial charge is 0.245 e. The molecule has 1 unspecified atom stereocenters. The van der Waals surface area contributed by atoms with Crippen LogP contribution in [0.3, 0.4) is 0 Å². The van der Waals surface area contributed by atoms with E-state index >= 15 is 0 Å². The van der Waals surface area contributed by atoms with E-state index in [0.717, 1.165) is 11.3 Å². The van der Waals surface area contributed by atoms with E-state index in [1.54, 1.807) is 22.4 Å². The van der Waals surface area contributed by atoms with Gasteiger partial charge in [0.2, 0.25) is 11.8 Å². The number of rotatable bonds is 3. The van der Waals surface area contributed by atoms with Crippen LogP contribution in [-0.2, 0) is 17.8 Å². The van der Waals surface area contributed by atoms with Crippen molar-refractivity contribution in [2.45, 2.75) is 19.0 Å². The van der Waals surface area contributed by atoms with Crippen LogP contribution in [0.25, 0.3) is 0 Å². The van der Waals surface area contributed by atoms with E-state index in [-0.39, 0.29) is 11.9 Å². The van der Waals surface area contributed by atoms with Crippen molar-refractivity contribution in [3.8, 4) is 0 Å². The molecule has 6 heteroatoms. The summed E-state index contributed by atoms with van der Waals surface area (Å²) < 4.78 is 5.23. The largest absolute Gasteiger partial charge is 0.447 e. The molecule has 1 N–H and O–H groups in total. The summed E-state index contributed by atoms with van der Waals surface area (Å²) in [5.41, 5.74) is 1.26. The van der Waals surface area contributed by atoms with Crippen LogP contribution < -0.4 is 5.32 Å². The molecule has 0 aliphatic carbocycles. The van der Waals surface area contributed by atoms with Gasteiger partial charge in [-0.05, 0) is 30.5 Å². The molecule has 2 aromatic rings. The van der Waals surface area contributed by atoms with E-state index in [9.17, 15) is 4.79 Å². The lowest BCUT2D eigenvalue weighted by molar-refractivity contribution is -0.134. The maximum Gasteiger partial charge on any atom is 0.245 e. The first-order valence-electron chi connectivity index (χ1n) is 6.20. The Kier molecular flexibility index (Phi) is 3.35. The minimum absolute atomic E-state index is 0.0851. The molecular formula is C13H15N3O2S. The first kappa shape index (κ1) is 12.4. The topological polar surface area (TPSA) is 58.4 Å². The van der Waals surface area contributed by atoms with Crippen LogP contribution in [0.15, 0.2) is 28.3 Å². The van der Waals surface area contributed by atoms with Gasteiger partial charge < -0.3 is 14.6 Å². The number of nitrogens with one attached hydrogen (secondary N) is 1. The van der Waals surface area contributed by atoms with Gasteiger partial charge in [0.25, 0.3) is 0 Å². The maximum atomic E-state index is 12.6. The number of thiophene rings is 1. The lowest BCUT2D eigenvalue weighted by Gasteiger charge is -2.22. The fourth-order valence-electron chi connectivity index (χ4n) is 2.37. The van der Waals surface area contributed by atoms with Gasteiger partial charge >= 0.3 is 0 Å². The standard InChI is InChI=1S/C13H15N3O2S/c1-14-11-12-9(3-7-19-12)2-5-16(13(11)17)8-10-15-4-6-18-10/h3-4,6-7,11,14H,2,5,8H2,1H3. The number of nitrogens with zero attached hydrogens (tertiary/aromatic N) is 2. The van der Waals surface area contributed by atoms with E-state index < -0.39 is 0 Å². The summed E-state index contributed by atoms with van der Waals surface area (Å²) in [6.45, 7) is 1.13. The summed E-state index contributed by atoms with van der Waals surface area (Å²) in [6.07, 6.45) is 4.01. The van der Waals surface area contributed by atoms with E-state index in [2.05, 4.69) is 16.4 Å². The van der Waals surface area contributed by atoms with E-state index in [4.69, 9.17) is 4.42 Å². The van der Waals surface area contributed by atoms with Crippen molar-refractivity contribution >= 4 is 17.2 Å². The predicted octanol–water partition coefficient (Wildman–Crippen LogP) is 1.58. The summed E-state index contributed by atoms with van der Waals surface area (Å²) in [7, 11) is 1.82. The Morgan fingerprint density at radius 2 is 2.53 bits per heavy atom. The molecule has 0 aromatic carbocycles. The quantitative estimate of drug-likeness (QED) is 0.925. The molecule has 1 aliphatic heterocycles. The number of oxazole rings is 1. The number of hydrogen-bond acceptors (Lipinski definition) is 5. The molecule has 0 bridgehead atoms. The molecule has 0 saturated carbocycles. The van der Waals surface area contributed by atoms with E-state index in [0.29, 0.717) is 19.0 Å². The van der Waals surface area contributed by atoms with Gasteiger partial charge in [-0.1, -0.05) is 0 Å². The molecule has 0 fully saturated rings. The summed E-state index contributed by atoms with van der Waals surface area (Å²) in [4.78, 5) is 19.6. The normalized spacial score (nSPS) is 19.3. The van der Waals surface area contributed by atoms with Gasteiger partial charge in [0, 0.05) is 11.4 Å². The number of likely N-dealkylation sites (N-methyl/N-ethyl adjacent to an activating group) is 1. The van der Waals surface area contributed by atoms with Gasteiger partial charge in [-0.2, -0.15) is 0 Å². The van der Waals surface area contributed by atoms with Gasteiger partial charge in [0.1, 0.15) is 12.3 Å². The highest BCUT2D eigenvalue weighted by atomic mass is 32.1. The Morgan fingerprint density at radius 1 is 1.63 bits per heavy atom. The van der Waals surface area contributed by atoms with Crippen molar-refractivity contribution < 1.29 is 9.21 Å². The van der Waals surface area contributed by atoms with Crippen molar-refractivity contribution in [1.82, 2.24) is 15.2 Å².